The molecule has 4 rings (SSSR count). The van der Waals surface area contributed by atoms with Gasteiger partial charge in [0.25, 0.3) is 5.56 Å². The minimum Gasteiger partial charge on any atom is -0.351 e. The van der Waals surface area contributed by atoms with Gasteiger partial charge in [-0.05, 0) is 54.1 Å². The predicted molar refractivity (Wildman–Crippen MR) is 133 cm³/mol. The van der Waals surface area contributed by atoms with Gasteiger partial charge in [-0.3, -0.25) is 18.7 Å². The summed E-state index contributed by atoms with van der Waals surface area (Å²) in [5.41, 5.74) is 0.223. The number of carbonyl (C=O) groups excluding carboxylic acids is 1. The van der Waals surface area contributed by atoms with Gasteiger partial charge >= 0.3 is 5.69 Å². The van der Waals surface area contributed by atoms with Crippen LogP contribution >= 0.6 is 22.9 Å². The van der Waals surface area contributed by atoms with Gasteiger partial charge < -0.3 is 5.32 Å². The fraction of sp³-hybridized carbons (Fsp3) is 0.240. The van der Waals surface area contributed by atoms with Crippen molar-refractivity contribution in [3.8, 4) is 0 Å². The second kappa shape index (κ2) is 10.8. The van der Waals surface area contributed by atoms with E-state index in [0.29, 0.717) is 42.3 Å². The van der Waals surface area contributed by atoms with Gasteiger partial charge in [-0.1, -0.05) is 35.9 Å². The maximum Gasteiger partial charge on any atom is 0.331 e. The van der Waals surface area contributed by atoms with E-state index in [1.807, 2.05) is 17.5 Å². The number of nitrogens with one attached hydrogen (secondary N) is 1. The molecule has 176 valence electrons. The average Bonchev–Trinajstić information content (AvgIpc) is 3.35. The number of rotatable bonds is 9. The summed E-state index contributed by atoms with van der Waals surface area (Å²) in [6.07, 6.45) is 1.35. The molecule has 1 amide bonds. The van der Waals surface area contributed by atoms with Crippen LogP contribution in [0.4, 0.5) is 4.39 Å². The third-order valence-corrected chi connectivity index (χ3v) is 6.78. The van der Waals surface area contributed by atoms with E-state index in [9.17, 15) is 18.8 Å². The quantitative estimate of drug-likeness (QED) is 0.343. The second-order valence-corrected chi connectivity index (χ2v) is 9.33. The zero-order valence-corrected chi connectivity index (χ0v) is 19.9. The van der Waals surface area contributed by atoms with Crippen molar-refractivity contribution in [2.45, 2.75) is 38.9 Å². The standard InChI is InChI=1S/C25H23ClFN3O3S/c26-21-14-18(27)11-10-17(21)16-30-22-8-2-1-7-20(22)24(32)29(25(30)33)12-4-3-9-23(31)28-15-19-6-5-13-34-19/h1-2,5-8,10-11,13-14H,3-4,9,12,15-16H2,(H,28,31). The smallest absolute Gasteiger partial charge is 0.331 e. The Balaban J connectivity index is 1.50. The highest BCUT2D eigenvalue weighted by molar-refractivity contribution is 7.09. The van der Waals surface area contributed by atoms with E-state index in [0.717, 1.165) is 4.88 Å². The molecule has 0 spiro atoms. The molecule has 2 heterocycles. The van der Waals surface area contributed by atoms with E-state index in [4.69, 9.17) is 11.6 Å². The third-order valence-electron chi connectivity index (χ3n) is 5.55. The van der Waals surface area contributed by atoms with Gasteiger partial charge in [0, 0.05) is 22.9 Å². The number of amides is 1. The number of fused-ring (bicyclic) bond motifs is 1. The van der Waals surface area contributed by atoms with Crippen LogP contribution in [-0.2, 0) is 24.4 Å². The lowest BCUT2D eigenvalue weighted by molar-refractivity contribution is -0.121. The zero-order chi connectivity index (χ0) is 24.1. The molecule has 0 bridgehead atoms. The van der Waals surface area contributed by atoms with Crippen LogP contribution in [0.5, 0.6) is 0 Å². The molecule has 2 aromatic carbocycles. The monoisotopic (exact) mass is 499 g/mol. The van der Waals surface area contributed by atoms with Crippen LogP contribution < -0.4 is 16.6 Å². The first kappa shape index (κ1) is 23.9. The number of hydrogen-bond donors (Lipinski definition) is 1. The van der Waals surface area contributed by atoms with Crippen molar-refractivity contribution in [1.82, 2.24) is 14.5 Å². The van der Waals surface area contributed by atoms with Crippen LogP contribution in [0.1, 0.15) is 29.7 Å². The van der Waals surface area contributed by atoms with Crippen molar-refractivity contribution < 1.29 is 9.18 Å². The first-order valence-electron chi connectivity index (χ1n) is 10.9. The lowest BCUT2D eigenvalue weighted by Gasteiger charge is -2.15. The number of thiophene rings is 1. The minimum atomic E-state index is -0.466. The molecular formula is C25H23ClFN3O3S. The zero-order valence-electron chi connectivity index (χ0n) is 18.3. The van der Waals surface area contributed by atoms with Crippen LogP contribution in [0, 0.1) is 5.82 Å². The molecule has 34 heavy (non-hydrogen) atoms. The van der Waals surface area contributed by atoms with Gasteiger partial charge in [0.05, 0.1) is 24.0 Å². The summed E-state index contributed by atoms with van der Waals surface area (Å²) >= 11 is 7.76. The maximum absolute atomic E-state index is 13.5. The van der Waals surface area contributed by atoms with E-state index < -0.39 is 11.5 Å². The van der Waals surface area contributed by atoms with Gasteiger partial charge in [-0.25, -0.2) is 9.18 Å². The molecule has 0 saturated heterocycles. The predicted octanol–water partition coefficient (Wildman–Crippen LogP) is 4.55. The lowest BCUT2D eigenvalue weighted by atomic mass is 10.2. The Hall–Kier alpha value is -3.23. The first-order valence-corrected chi connectivity index (χ1v) is 12.1. The average molecular weight is 500 g/mol. The molecular weight excluding hydrogens is 477 g/mol. The number of carbonyl (C=O) groups is 1. The van der Waals surface area contributed by atoms with Crippen LogP contribution in [-0.4, -0.2) is 15.0 Å². The van der Waals surface area contributed by atoms with E-state index in [1.54, 1.807) is 35.6 Å². The van der Waals surface area contributed by atoms with Crippen LogP contribution in [0.3, 0.4) is 0 Å². The highest BCUT2D eigenvalue weighted by Gasteiger charge is 2.14. The first-order chi connectivity index (χ1) is 16.4. The number of nitrogens with zero attached hydrogens (tertiary/aromatic N) is 2. The van der Waals surface area contributed by atoms with Crippen molar-refractivity contribution in [1.29, 1.82) is 0 Å². The van der Waals surface area contributed by atoms with Crippen molar-refractivity contribution in [3.05, 3.63) is 102 Å². The fourth-order valence-corrected chi connectivity index (χ4v) is 4.66. The van der Waals surface area contributed by atoms with E-state index in [-0.39, 0.29) is 29.6 Å². The Bertz CT molecular complexity index is 1430. The summed E-state index contributed by atoms with van der Waals surface area (Å²) in [6, 6.07) is 14.8. The lowest BCUT2D eigenvalue weighted by Crippen LogP contribution is -2.40. The molecule has 6 nitrogen and oxygen atoms in total. The number of para-hydroxylation sites is 1. The fourth-order valence-electron chi connectivity index (χ4n) is 3.78. The van der Waals surface area contributed by atoms with Gasteiger partial charge in [0.15, 0.2) is 0 Å². The molecule has 0 aliphatic rings. The van der Waals surface area contributed by atoms with Gasteiger partial charge in [0.1, 0.15) is 5.82 Å². The number of hydrogen-bond acceptors (Lipinski definition) is 4. The summed E-state index contributed by atoms with van der Waals surface area (Å²) in [5.74, 6) is -0.530. The number of unbranched alkanes of at least 4 members (excludes halogenated alkanes) is 1. The van der Waals surface area contributed by atoms with Crippen molar-refractivity contribution in [2.24, 2.45) is 0 Å². The van der Waals surface area contributed by atoms with E-state index in [2.05, 4.69) is 5.32 Å². The molecule has 0 fully saturated rings. The summed E-state index contributed by atoms with van der Waals surface area (Å²) in [7, 11) is 0. The third kappa shape index (κ3) is 5.46. The number of aromatic nitrogens is 2. The molecule has 0 unspecified atom stereocenters. The molecule has 0 aliphatic heterocycles. The highest BCUT2D eigenvalue weighted by Crippen LogP contribution is 2.19. The largest absolute Gasteiger partial charge is 0.351 e. The number of halogens is 2. The van der Waals surface area contributed by atoms with Gasteiger partial charge in [0.2, 0.25) is 5.91 Å². The minimum absolute atomic E-state index is 0.0670. The summed E-state index contributed by atoms with van der Waals surface area (Å²) in [4.78, 5) is 39.5. The van der Waals surface area contributed by atoms with Gasteiger partial charge in [-0.2, -0.15) is 0 Å². The van der Waals surface area contributed by atoms with Crippen LogP contribution in [0.15, 0.2) is 69.6 Å². The van der Waals surface area contributed by atoms with Crippen molar-refractivity contribution >= 4 is 39.7 Å². The Labute approximate surface area is 204 Å². The SMILES string of the molecule is O=C(CCCCn1c(=O)c2ccccc2n(Cc2ccc(F)cc2Cl)c1=O)NCc1cccs1. The summed E-state index contributed by atoms with van der Waals surface area (Å²) < 4.78 is 16.1. The maximum atomic E-state index is 13.5. The van der Waals surface area contributed by atoms with Crippen LogP contribution in [0.25, 0.3) is 10.9 Å². The molecule has 0 aliphatic carbocycles. The molecule has 0 radical (unpaired) electrons. The molecule has 2 aromatic heterocycles. The Morgan fingerprint density at radius 1 is 1.03 bits per heavy atom. The van der Waals surface area contributed by atoms with Gasteiger partial charge in [-0.15, -0.1) is 11.3 Å². The van der Waals surface area contributed by atoms with Crippen molar-refractivity contribution in [3.63, 3.8) is 0 Å². The Morgan fingerprint density at radius 3 is 2.62 bits per heavy atom. The van der Waals surface area contributed by atoms with E-state index in [1.165, 1.54) is 27.3 Å². The Morgan fingerprint density at radius 2 is 1.85 bits per heavy atom. The molecule has 1 N–H and O–H groups in total. The topological polar surface area (TPSA) is 73.1 Å². The molecule has 0 atom stereocenters. The highest BCUT2D eigenvalue weighted by atomic mass is 35.5. The number of benzene rings is 2. The summed E-state index contributed by atoms with van der Waals surface area (Å²) in [6.45, 7) is 0.791. The second-order valence-electron chi connectivity index (χ2n) is 7.89. The Kier molecular flexibility index (Phi) is 7.59. The summed E-state index contributed by atoms with van der Waals surface area (Å²) in [5, 5.41) is 5.45. The van der Waals surface area contributed by atoms with Crippen molar-refractivity contribution in [2.75, 3.05) is 0 Å². The molecule has 4 aromatic rings. The van der Waals surface area contributed by atoms with E-state index >= 15 is 0 Å². The molecule has 9 heteroatoms. The van der Waals surface area contributed by atoms with Crippen LogP contribution in [0.2, 0.25) is 5.02 Å². The molecule has 0 saturated carbocycles. The normalized spacial score (nSPS) is 11.1.